The van der Waals surface area contributed by atoms with Crippen LogP contribution in [-0.4, -0.2) is 18.2 Å². The van der Waals surface area contributed by atoms with Gasteiger partial charge in [-0.25, -0.2) is 13.1 Å². The van der Waals surface area contributed by atoms with E-state index in [0.29, 0.717) is 5.69 Å². The third-order valence-electron chi connectivity index (χ3n) is 3.72. The van der Waals surface area contributed by atoms with Crippen molar-refractivity contribution in [1.29, 1.82) is 0 Å². The van der Waals surface area contributed by atoms with Gasteiger partial charge in [-0.15, -0.1) is 0 Å². The first-order chi connectivity index (χ1) is 10.3. The molecule has 5 nitrogen and oxygen atoms in total. The first-order valence-electron chi connectivity index (χ1n) is 7.08. The molecule has 1 heterocycles. The zero-order chi connectivity index (χ0) is 16.5. The van der Waals surface area contributed by atoms with Gasteiger partial charge in [-0.05, 0) is 30.9 Å². The van der Waals surface area contributed by atoms with Crippen LogP contribution in [0.2, 0.25) is 0 Å². The summed E-state index contributed by atoms with van der Waals surface area (Å²) in [5.41, 5.74) is 1.49. The molecule has 0 aliphatic heterocycles. The lowest BCUT2D eigenvalue weighted by Gasteiger charge is -2.16. The number of aromatic nitrogens is 2. The van der Waals surface area contributed by atoms with Gasteiger partial charge in [0.05, 0.1) is 11.4 Å². The van der Waals surface area contributed by atoms with Crippen molar-refractivity contribution >= 4 is 15.7 Å². The zero-order valence-corrected chi connectivity index (χ0v) is 13.9. The molecule has 0 radical (unpaired) electrons. The third kappa shape index (κ3) is 2.99. The van der Waals surface area contributed by atoms with E-state index >= 15 is 0 Å². The van der Waals surface area contributed by atoms with Crippen LogP contribution in [0.5, 0.6) is 0 Å². The number of aryl methyl sites for hydroxylation is 2. The highest BCUT2D eigenvalue weighted by Gasteiger charge is 2.27. The van der Waals surface area contributed by atoms with Gasteiger partial charge in [-0.2, -0.15) is 9.49 Å². The Balaban J connectivity index is 2.46. The van der Waals surface area contributed by atoms with E-state index in [4.69, 9.17) is 0 Å². The van der Waals surface area contributed by atoms with E-state index in [1.807, 2.05) is 26.0 Å². The third-order valence-corrected chi connectivity index (χ3v) is 5.21. The number of nitrogens with zero attached hydrogens (tertiary/aromatic N) is 2. The smallest absolute Gasteiger partial charge is 0.268 e. The highest BCUT2D eigenvalue weighted by atomic mass is 32.2. The molecule has 1 atom stereocenters. The Morgan fingerprint density at radius 1 is 1.36 bits per heavy atom. The molecule has 1 aromatic carbocycles. The normalized spacial score (nSPS) is 13.1. The van der Waals surface area contributed by atoms with Crippen LogP contribution in [0.25, 0.3) is 0 Å². The Morgan fingerprint density at radius 2 is 2.00 bits per heavy atom. The van der Waals surface area contributed by atoms with Crippen molar-refractivity contribution in [1.82, 2.24) is 9.78 Å². The topological polar surface area (TPSA) is 64.0 Å². The second-order valence-corrected chi connectivity index (χ2v) is 6.95. The van der Waals surface area contributed by atoms with E-state index in [2.05, 4.69) is 9.82 Å². The second-order valence-electron chi connectivity index (χ2n) is 5.33. The minimum Gasteiger partial charge on any atom is -0.279 e. The number of benzene rings is 1. The minimum atomic E-state index is -4.03. The molecule has 1 unspecified atom stereocenters. The molecule has 0 saturated heterocycles. The summed E-state index contributed by atoms with van der Waals surface area (Å²) in [6.45, 7) is 5.52. The lowest BCUT2D eigenvalue weighted by Crippen LogP contribution is -2.16. The predicted octanol–water partition coefficient (Wildman–Crippen LogP) is 3.18. The van der Waals surface area contributed by atoms with Crippen molar-refractivity contribution in [2.24, 2.45) is 7.05 Å². The molecule has 1 aromatic heterocycles. The van der Waals surface area contributed by atoms with E-state index in [1.165, 1.54) is 14.0 Å². The Kier molecular flexibility index (Phi) is 4.55. The van der Waals surface area contributed by atoms with E-state index in [-0.39, 0.29) is 11.6 Å². The van der Waals surface area contributed by atoms with Crippen LogP contribution in [-0.2, 0) is 17.1 Å². The summed E-state index contributed by atoms with van der Waals surface area (Å²) >= 11 is 0. The van der Waals surface area contributed by atoms with Gasteiger partial charge < -0.3 is 0 Å². The van der Waals surface area contributed by atoms with Crippen LogP contribution >= 0.6 is 0 Å². The van der Waals surface area contributed by atoms with Crippen molar-refractivity contribution < 1.29 is 12.8 Å². The number of rotatable bonds is 5. The molecule has 0 saturated carbocycles. The molecule has 120 valence electrons. The number of nitrogens with one attached hydrogen (secondary N) is 1. The first-order valence-corrected chi connectivity index (χ1v) is 8.57. The maximum atomic E-state index is 14.0. The molecule has 0 fully saturated rings. The van der Waals surface area contributed by atoms with E-state index in [9.17, 15) is 12.8 Å². The molecular formula is C15H20FN3O2S. The number of hydrogen-bond donors (Lipinski definition) is 1. The van der Waals surface area contributed by atoms with Crippen molar-refractivity contribution in [2.75, 3.05) is 4.72 Å². The molecular weight excluding hydrogens is 305 g/mol. The summed E-state index contributed by atoms with van der Waals surface area (Å²) in [5, 5.41) is 3.81. The number of hydrogen-bond acceptors (Lipinski definition) is 3. The van der Waals surface area contributed by atoms with Gasteiger partial charge in [-0.1, -0.05) is 32.0 Å². The summed E-state index contributed by atoms with van der Waals surface area (Å²) < 4.78 is 42.5. The summed E-state index contributed by atoms with van der Waals surface area (Å²) in [7, 11) is -2.66. The highest BCUT2D eigenvalue weighted by molar-refractivity contribution is 7.92. The molecule has 0 aliphatic carbocycles. The standard InChI is InChI=1S/C15H20FN3O2S/c1-5-10(2)12-8-6-7-9-13(12)18-22(20,21)14-11(3)17-19(4)15(14)16/h6-10,18H,5H2,1-4H3. The summed E-state index contributed by atoms with van der Waals surface area (Å²) in [6, 6.07) is 7.16. The number of anilines is 1. The number of sulfonamides is 1. The monoisotopic (exact) mass is 325 g/mol. The Morgan fingerprint density at radius 3 is 2.55 bits per heavy atom. The minimum absolute atomic E-state index is 0.133. The summed E-state index contributed by atoms with van der Waals surface area (Å²) in [5.74, 6) is -0.676. The van der Waals surface area contributed by atoms with E-state index in [0.717, 1.165) is 16.7 Å². The largest absolute Gasteiger partial charge is 0.279 e. The van der Waals surface area contributed by atoms with Crippen LogP contribution in [0, 0.1) is 12.9 Å². The van der Waals surface area contributed by atoms with Crippen LogP contribution in [0.3, 0.4) is 0 Å². The molecule has 7 heteroatoms. The lowest BCUT2D eigenvalue weighted by molar-refractivity contribution is 0.483. The fourth-order valence-corrected chi connectivity index (χ4v) is 3.71. The lowest BCUT2D eigenvalue weighted by atomic mass is 9.97. The molecule has 0 aliphatic rings. The molecule has 2 aromatic rings. The molecule has 22 heavy (non-hydrogen) atoms. The van der Waals surface area contributed by atoms with E-state index in [1.54, 1.807) is 12.1 Å². The molecule has 2 rings (SSSR count). The van der Waals surface area contributed by atoms with Gasteiger partial charge in [0.1, 0.15) is 0 Å². The Hall–Kier alpha value is -1.89. The molecule has 0 spiro atoms. The quantitative estimate of drug-likeness (QED) is 0.918. The van der Waals surface area contributed by atoms with Gasteiger partial charge in [0.25, 0.3) is 10.0 Å². The van der Waals surface area contributed by atoms with Gasteiger partial charge in [0, 0.05) is 7.05 Å². The second kappa shape index (κ2) is 6.08. The van der Waals surface area contributed by atoms with Gasteiger partial charge in [-0.3, -0.25) is 4.72 Å². The predicted molar refractivity (Wildman–Crippen MR) is 83.9 cm³/mol. The van der Waals surface area contributed by atoms with Crippen molar-refractivity contribution in [3.8, 4) is 0 Å². The van der Waals surface area contributed by atoms with Gasteiger partial charge in [0.15, 0.2) is 4.90 Å². The Bertz CT molecular complexity index is 784. The number of para-hydroxylation sites is 1. The summed E-state index contributed by atoms with van der Waals surface area (Å²) in [4.78, 5) is -0.408. The average Bonchev–Trinajstić information content (AvgIpc) is 2.72. The van der Waals surface area contributed by atoms with Crippen LogP contribution in [0.15, 0.2) is 29.2 Å². The average molecular weight is 325 g/mol. The van der Waals surface area contributed by atoms with Crippen LogP contribution in [0.1, 0.15) is 37.4 Å². The number of halogens is 1. The molecule has 0 bridgehead atoms. The van der Waals surface area contributed by atoms with E-state index < -0.39 is 20.9 Å². The summed E-state index contributed by atoms with van der Waals surface area (Å²) in [6.07, 6.45) is 0.874. The van der Waals surface area contributed by atoms with Gasteiger partial charge >= 0.3 is 0 Å². The highest BCUT2D eigenvalue weighted by Crippen LogP contribution is 2.29. The van der Waals surface area contributed by atoms with Crippen LogP contribution < -0.4 is 4.72 Å². The first kappa shape index (κ1) is 16.5. The van der Waals surface area contributed by atoms with Gasteiger partial charge in [0.2, 0.25) is 5.95 Å². The SMILES string of the molecule is CCC(C)c1ccccc1NS(=O)(=O)c1c(C)nn(C)c1F. The van der Waals surface area contributed by atoms with Crippen molar-refractivity contribution in [3.63, 3.8) is 0 Å². The fourth-order valence-electron chi connectivity index (χ4n) is 2.35. The molecule has 1 N–H and O–H groups in total. The molecule has 0 amide bonds. The van der Waals surface area contributed by atoms with Crippen molar-refractivity contribution in [2.45, 2.75) is 38.0 Å². The maximum Gasteiger partial charge on any atom is 0.268 e. The van der Waals surface area contributed by atoms with Crippen LogP contribution in [0.4, 0.5) is 10.1 Å². The maximum absolute atomic E-state index is 14.0. The zero-order valence-electron chi connectivity index (χ0n) is 13.1. The van der Waals surface area contributed by atoms with Crippen molar-refractivity contribution in [3.05, 3.63) is 41.5 Å². The Labute approximate surface area is 130 Å². The fraction of sp³-hybridized carbons (Fsp3) is 0.400.